The Kier molecular flexibility index (Phi) is 5.77. The van der Waals surface area contributed by atoms with Crippen molar-refractivity contribution in [2.24, 2.45) is 5.73 Å². The van der Waals surface area contributed by atoms with Gasteiger partial charge in [0.25, 0.3) is 5.56 Å². The number of rotatable bonds is 6. The molecule has 0 amide bonds. The van der Waals surface area contributed by atoms with Gasteiger partial charge in [-0.1, -0.05) is 32.3 Å². The average Bonchev–Trinajstić information content (AvgIpc) is 3.29. The molecule has 1 fully saturated rings. The second kappa shape index (κ2) is 8.64. The highest BCUT2D eigenvalue weighted by Gasteiger charge is 2.22. The summed E-state index contributed by atoms with van der Waals surface area (Å²) in [6.07, 6.45) is 7.75. The molecule has 1 saturated carbocycles. The summed E-state index contributed by atoms with van der Waals surface area (Å²) >= 11 is 0. The van der Waals surface area contributed by atoms with Gasteiger partial charge in [0, 0.05) is 29.9 Å². The molecule has 3 aromatic rings. The standard InChI is InChI=1S/C23H26N6O/c1-2-5-15-8-9-19(11-16(15)12-24)27-23-26-14-18-10-17(13-25)22(30)29(21(18)28-23)20-6-3-4-7-20/h8-11,14,20H,2-7,12,24H2,1H3,(H,26,27,28). The molecule has 2 heterocycles. The Labute approximate surface area is 175 Å². The van der Waals surface area contributed by atoms with E-state index in [0.717, 1.165) is 49.8 Å². The second-order valence-electron chi connectivity index (χ2n) is 7.82. The predicted octanol–water partition coefficient (Wildman–Crippen LogP) is 3.93. The summed E-state index contributed by atoms with van der Waals surface area (Å²) in [6.45, 7) is 2.62. The van der Waals surface area contributed by atoms with Gasteiger partial charge < -0.3 is 11.1 Å². The monoisotopic (exact) mass is 402 g/mol. The Morgan fingerprint density at radius 2 is 2.07 bits per heavy atom. The number of aryl methyl sites for hydroxylation is 1. The molecule has 1 aliphatic rings. The van der Waals surface area contributed by atoms with Gasteiger partial charge in [-0.15, -0.1) is 0 Å². The van der Waals surface area contributed by atoms with Gasteiger partial charge in [-0.25, -0.2) is 4.98 Å². The van der Waals surface area contributed by atoms with E-state index in [1.165, 1.54) is 5.56 Å². The van der Waals surface area contributed by atoms with E-state index in [4.69, 9.17) is 5.73 Å². The van der Waals surface area contributed by atoms with Crippen LogP contribution in [0.5, 0.6) is 0 Å². The van der Waals surface area contributed by atoms with Gasteiger partial charge in [0.2, 0.25) is 5.95 Å². The Morgan fingerprint density at radius 3 is 2.77 bits per heavy atom. The molecule has 7 heteroatoms. The first-order valence-corrected chi connectivity index (χ1v) is 10.6. The SMILES string of the molecule is CCCc1ccc(Nc2ncc3cc(C#N)c(=O)n(C4CCCC4)c3n2)cc1CN. The molecule has 30 heavy (non-hydrogen) atoms. The highest BCUT2D eigenvalue weighted by atomic mass is 16.1. The van der Waals surface area contributed by atoms with Crippen molar-refractivity contribution in [1.29, 1.82) is 5.26 Å². The molecule has 1 aliphatic carbocycles. The van der Waals surface area contributed by atoms with Gasteiger partial charge in [-0.05, 0) is 48.6 Å². The number of pyridine rings is 1. The summed E-state index contributed by atoms with van der Waals surface area (Å²) in [6, 6.07) is 9.79. The molecule has 0 saturated heterocycles. The van der Waals surface area contributed by atoms with Crippen LogP contribution in [0.4, 0.5) is 11.6 Å². The summed E-state index contributed by atoms with van der Waals surface area (Å²) in [5, 5.41) is 13.3. The summed E-state index contributed by atoms with van der Waals surface area (Å²) in [4.78, 5) is 22.0. The van der Waals surface area contributed by atoms with E-state index < -0.39 is 0 Å². The van der Waals surface area contributed by atoms with Gasteiger partial charge in [-0.3, -0.25) is 9.36 Å². The van der Waals surface area contributed by atoms with Crippen molar-refractivity contribution < 1.29 is 0 Å². The zero-order valence-corrected chi connectivity index (χ0v) is 17.2. The van der Waals surface area contributed by atoms with E-state index in [1.54, 1.807) is 16.8 Å². The lowest BCUT2D eigenvalue weighted by Crippen LogP contribution is -2.26. The minimum atomic E-state index is -0.268. The topological polar surface area (TPSA) is 110 Å². The largest absolute Gasteiger partial charge is 0.326 e. The van der Waals surface area contributed by atoms with Crippen LogP contribution in [0.1, 0.15) is 61.8 Å². The van der Waals surface area contributed by atoms with E-state index in [9.17, 15) is 10.1 Å². The fraction of sp³-hybridized carbons (Fsp3) is 0.391. The van der Waals surface area contributed by atoms with Crippen LogP contribution in [0.15, 0.2) is 35.3 Å². The lowest BCUT2D eigenvalue weighted by Gasteiger charge is -2.17. The zero-order chi connectivity index (χ0) is 21.1. The molecular formula is C23H26N6O. The van der Waals surface area contributed by atoms with E-state index in [0.29, 0.717) is 23.5 Å². The van der Waals surface area contributed by atoms with Crippen LogP contribution < -0.4 is 16.6 Å². The maximum Gasteiger partial charge on any atom is 0.270 e. The predicted molar refractivity (Wildman–Crippen MR) is 118 cm³/mol. The number of aromatic nitrogens is 3. The third-order valence-electron chi connectivity index (χ3n) is 5.79. The fourth-order valence-electron chi connectivity index (χ4n) is 4.30. The van der Waals surface area contributed by atoms with Crippen LogP contribution in [0, 0.1) is 11.3 Å². The first kappa shape index (κ1) is 20.0. The van der Waals surface area contributed by atoms with Crippen LogP contribution in [0.3, 0.4) is 0 Å². The lowest BCUT2D eigenvalue weighted by molar-refractivity contribution is 0.515. The summed E-state index contributed by atoms with van der Waals surface area (Å²) < 4.78 is 1.70. The molecule has 154 valence electrons. The van der Waals surface area contributed by atoms with Gasteiger partial charge in [0.05, 0.1) is 0 Å². The lowest BCUT2D eigenvalue weighted by atomic mass is 10.0. The molecule has 0 spiro atoms. The molecular weight excluding hydrogens is 376 g/mol. The van der Waals surface area contributed by atoms with E-state index >= 15 is 0 Å². The van der Waals surface area contributed by atoms with Crippen LogP contribution in [-0.4, -0.2) is 14.5 Å². The fourth-order valence-corrected chi connectivity index (χ4v) is 4.30. The molecule has 0 atom stereocenters. The number of nitrogens with two attached hydrogens (primary N) is 1. The maximum absolute atomic E-state index is 12.9. The van der Waals surface area contributed by atoms with Gasteiger partial charge in [-0.2, -0.15) is 10.2 Å². The van der Waals surface area contributed by atoms with Crippen LogP contribution >= 0.6 is 0 Å². The van der Waals surface area contributed by atoms with Gasteiger partial charge in [0.15, 0.2) is 0 Å². The smallest absolute Gasteiger partial charge is 0.270 e. The van der Waals surface area contributed by atoms with Crippen molar-refractivity contribution in [1.82, 2.24) is 14.5 Å². The third-order valence-corrected chi connectivity index (χ3v) is 5.79. The summed E-state index contributed by atoms with van der Waals surface area (Å²) in [5.41, 5.74) is 9.59. The number of hydrogen-bond acceptors (Lipinski definition) is 6. The molecule has 0 unspecified atom stereocenters. The maximum atomic E-state index is 12.9. The Hall–Kier alpha value is -3.24. The van der Waals surface area contributed by atoms with Crippen LogP contribution in [0.2, 0.25) is 0 Å². The molecule has 1 aromatic carbocycles. The van der Waals surface area contributed by atoms with Crippen molar-refractivity contribution in [3.8, 4) is 6.07 Å². The zero-order valence-electron chi connectivity index (χ0n) is 17.2. The summed E-state index contributed by atoms with van der Waals surface area (Å²) in [7, 11) is 0. The number of hydrogen-bond donors (Lipinski definition) is 2. The highest BCUT2D eigenvalue weighted by molar-refractivity contribution is 5.77. The molecule has 7 nitrogen and oxygen atoms in total. The van der Waals surface area contributed by atoms with Crippen molar-refractivity contribution in [2.45, 2.75) is 58.0 Å². The van der Waals surface area contributed by atoms with Gasteiger partial charge in [0.1, 0.15) is 17.3 Å². The number of benzene rings is 1. The molecule has 2 aromatic heterocycles. The van der Waals surface area contributed by atoms with Crippen molar-refractivity contribution in [3.05, 3.63) is 57.5 Å². The van der Waals surface area contributed by atoms with Crippen LogP contribution in [-0.2, 0) is 13.0 Å². The minimum Gasteiger partial charge on any atom is -0.326 e. The Morgan fingerprint density at radius 1 is 1.27 bits per heavy atom. The number of nitrogens with one attached hydrogen (secondary N) is 1. The molecule has 0 bridgehead atoms. The van der Waals surface area contributed by atoms with Crippen molar-refractivity contribution in [3.63, 3.8) is 0 Å². The van der Waals surface area contributed by atoms with E-state index in [1.807, 2.05) is 18.2 Å². The number of nitrogens with zero attached hydrogens (tertiary/aromatic N) is 4. The minimum absolute atomic E-state index is 0.0771. The van der Waals surface area contributed by atoms with E-state index in [2.05, 4.69) is 28.3 Å². The Bertz CT molecular complexity index is 1170. The molecule has 3 N–H and O–H groups in total. The second-order valence-corrected chi connectivity index (χ2v) is 7.82. The van der Waals surface area contributed by atoms with Crippen molar-refractivity contribution in [2.75, 3.05) is 5.32 Å². The van der Waals surface area contributed by atoms with Crippen molar-refractivity contribution >= 4 is 22.7 Å². The molecule has 0 radical (unpaired) electrons. The first-order valence-electron chi connectivity index (χ1n) is 10.6. The molecule has 0 aliphatic heterocycles. The number of fused-ring (bicyclic) bond motifs is 1. The Balaban J connectivity index is 1.75. The van der Waals surface area contributed by atoms with Crippen LogP contribution in [0.25, 0.3) is 11.0 Å². The third kappa shape index (κ3) is 3.79. The van der Waals surface area contributed by atoms with E-state index in [-0.39, 0.29) is 17.2 Å². The number of anilines is 2. The first-order chi connectivity index (χ1) is 14.6. The highest BCUT2D eigenvalue weighted by Crippen LogP contribution is 2.31. The van der Waals surface area contributed by atoms with Gasteiger partial charge >= 0.3 is 0 Å². The molecule has 4 rings (SSSR count). The average molecular weight is 403 g/mol. The summed E-state index contributed by atoms with van der Waals surface area (Å²) in [5.74, 6) is 0.421. The quantitative estimate of drug-likeness (QED) is 0.646. The normalized spacial score (nSPS) is 14.2. The number of nitriles is 1.